The molecule has 0 spiro atoms. The van der Waals surface area contributed by atoms with Crippen molar-refractivity contribution in [3.05, 3.63) is 35.9 Å². The Morgan fingerprint density at radius 1 is 1.23 bits per heavy atom. The fourth-order valence-corrected chi connectivity index (χ4v) is 2.92. The molecule has 1 heterocycles. The Kier molecular flexibility index (Phi) is 5.55. The maximum Gasteiger partial charge on any atom is 0.238 e. The number of benzene rings is 1. The van der Waals surface area contributed by atoms with Crippen molar-refractivity contribution in [2.45, 2.75) is 32.4 Å². The van der Waals surface area contributed by atoms with Gasteiger partial charge in [0.05, 0.1) is 6.42 Å². The molecule has 1 aliphatic rings. The van der Waals surface area contributed by atoms with E-state index in [1.165, 1.54) is 0 Å². The number of likely N-dealkylation sites (N-methyl/N-ethyl adjacent to an activating group) is 1. The first-order chi connectivity index (χ1) is 10.5. The minimum Gasteiger partial charge on any atom is -0.358 e. The van der Waals surface area contributed by atoms with Crippen molar-refractivity contribution in [2.75, 3.05) is 26.7 Å². The minimum absolute atomic E-state index is 0.0223. The van der Waals surface area contributed by atoms with Gasteiger partial charge in [-0.25, -0.2) is 0 Å². The largest absolute Gasteiger partial charge is 0.358 e. The molecule has 0 aliphatic carbocycles. The fourth-order valence-electron chi connectivity index (χ4n) is 2.92. The predicted molar refractivity (Wildman–Crippen MR) is 86.4 cm³/mol. The molecule has 1 N–H and O–H groups in total. The number of amides is 2. The van der Waals surface area contributed by atoms with Crippen LogP contribution in [0.5, 0.6) is 0 Å². The van der Waals surface area contributed by atoms with Gasteiger partial charge in [-0.2, -0.15) is 0 Å². The van der Waals surface area contributed by atoms with Gasteiger partial charge in [-0.15, -0.1) is 0 Å². The van der Waals surface area contributed by atoms with Crippen LogP contribution in [-0.2, 0) is 16.0 Å². The SMILES string of the molecule is CNC(=O)C1CN(C(=O)Cc2ccccc2)CCN1C(C)C. The van der Waals surface area contributed by atoms with Crippen LogP contribution >= 0.6 is 0 Å². The maximum absolute atomic E-state index is 12.5. The molecule has 120 valence electrons. The van der Waals surface area contributed by atoms with Crippen molar-refractivity contribution in [2.24, 2.45) is 0 Å². The molecule has 0 aromatic heterocycles. The number of piperazine rings is 1. The van der Waals surface area contributed by atoms with Gasteiger partial charge in [-0.3, -0.25) is 14.5 Å². The van der Waals surface area contributed by atoms with Gasteiger partial charge in [-0.05, 0) is 19.4 Å². The minimum atomic E-state index is -0.265. The molecule has 1 unspecified atom stereocenters. The summed E-state index contributed by atoms with van der Waals surface area (Å²) in [6, 6.07) is 9.75. The number of hydrogen-bond acceptors (Lipinski definition) is 3. The van der Waals surface area contributed by atoms with Crippen LogP contribution in [-0.4, -0.2) is 60.4 Å². The zero-order valence-corrected chi connectivity index (χ0v) is 13.6. The summed E-state index contributed by atoms with van der Waals surface area (Å²) >= 11 is 0. The number of carbonyl (C=O) groups excluding carboxylic acids is 2. The Balaban J connectivity index is 2.04. The van der Waals surface area contributed by atoms with Crippen molar-refractivity contribution < 1.29 is 9.59 Å². The van der Waals surface area contributed by atoms with E-state index in [0.717, 1.165) is 12.1 Å². The third kappa shape index (κ3) is 3.85. The average Bonchev–Trinajstić information content (AvgIpc) is 2.54. The summed E-state index contributed by atoms with van der Waals surface area (Å²) in [7, 11) is 1.64. The average molecular weight is 303 g/mol. The summed E-state index contributed by atoms with van der Waals surface area (Å²) in [6.45, 7) is 6.03. The Morgan fingerprint density at radius 3 is 2.50 bits per heavy atom. The van der Waals surface area contributed by atoms with E-state index in [2.05, 4.69) is 24.1 Å². The Morgan fingerprint density at radius 2 is 1.91 bits per heavy atom. The lowest BCUT2D eigenvalue weighted by Gasteiger charge is -2.42. The molecule has 1 saturated heterocycles. The highest BCUT2D eigenvalue weighted by molar-refractivity contribution is 5.84. The number of rotatable bonds is 4. The lowest BCUT2D eigenvalue weighted by molar-refractivity contribution is -0.138. The lowest BCUT2D eigenvalue weighted by Crippen LogP contribution is -2.61. The molecule has 0 saturated carbocycles. The third-order valence-electron chi connectivity index (χ3n) is 4.18. The highest BCUT2D eigenvalue weighted by Crippen LogP contribution is 2.15. The Labute approximate surface area is 132 Å². The summed E-state index contributed by atoms with van der Waals surface area (Å²) in [5.41, 5.74) is 1.01. The zero-order valence-electron chi connectivity index (χ0n) is 13.6. The molecule has 0 bridgehead atoms. The summed E-state index contributed by atoms with van der Waals surface area (Å²) in [4.78, 5) is 28.6. The van der Waals surface area contributed by atoms with Crippen molar-refractivity contribution in [3.63, 3.8) is 0 Å². The summed E-state index contributed by atoms with van der Waals surface area (Å²) in [6.07, 6.45) is 0.392. The maximum atomic E-state index is 12.5. The monoisotopic (exact) mass is 303 g/mol. The first-order valence-electron chi connectivity index (χ1n) is 7.82. The molecule has 1 fully saturated rings. The highest BCUT2D eigenvalue weighted by Gasteiger charge is 2.34. The van der Waals surface area contributed by atoms with Crippen molar-refractivity contribution in [1.82, 2.24) is 15.1 Å². The molecule has 1 atom stereocenters. The Bertz CT molecular complexity index is 516. The molecular formula is C17H25N3O2. The standard InChI is InChI=1S/C17H25N3O2/c1-13(2)20-10-9-19(12-15(20)17(22)18-3)16(21)11-14-7-5-4-6-8-14/h4-8,13,15H,9-12H2,1-3H3,(H,18,22). The van der Waals surface area contributed by atoms with Gasteiger partial charge >= 0.3 is 0 Å². The van der Waals surface area contributed by atoms with Crippen LogP contribution in [0.2, 0.25) is 0 Å². The molecule has 22 heavy (non-hydrogen) atoms. The molecule has 2 amide bonds. The van der Waals surface area contributed by atoms with Crippen molar-refractivity contribution >= 4 is 11.8 Å². The van der Waals surface area contributed by atoms with Crippen LogP contribution < -0.4 is 5.32 Å². The van der Waals surface area contributed by atoms with E-state index in [0.29, 0.717) is 19.5 Å². The van der Waals surface area contributed by atoms with E-state index in [1.54, 1.807) is 7.05 Å². The summed E-state index contributed by atoms with van der Waals surface area (Å²) in [5.74, 6) is 0.0643. The van der Waals surface area contributed by atoms with Crippen LogP contribution in [0.3, 0.4) is 0 Å². The predicted octanol–water partition coefficient (Wildman–Crippen LogP) is 0.896. The smallest absolute Gasteiger partial charge is 0.238 e. The van der Waals surface area contributed by atoms with Crippen molar-refractivity contribution in [1.29, 1.82) is 0 Å². The molecule has 5 nitrogen and oxygen atoms in total. The van der Waals surface area contributed by atoms with E-state index >= 15 is 0 Å². The van der Waals surface area contributed by atoms with E-state index in [4.69, 9.17) is 0 Å². The molecule has 1 aromatic rings. The molecular weight excluding hydrogens is 278 g/mol. The first-order valence-corrected chi connectivity index (χ1v) is 7.82. The van der Waals surface area contributed by atoms with E-state index in [-0.39, 0.29) is 23.9 Å². The van der Waals surface area contributed by atoms with E-state index < -0.39 is 0 Å². The molecule has 5 heteroatoms. The van der Waals surface area contributed by atoms with Gasteiger partial charge in [-0.1, -0.05) is 30.3 Å². The number of nitrogens with one attached hydrogen (secondary N) is 1. The number of nitrogens with zero attached hydrogens (tertiary/aromatic N) is 2. The fraction of sp³-hybridized carbons (Fsp3) is 0.529. The molecule has 0 radical (unpaired) electrons. The van der Waals surface area contributed by atoms with Crippen LogP contribution in [0.4, 0.5) is 0 Å². The number of hydrogen-bond donors (Lipinski definition) is 1. The molecule has 1 aliphatic heterocycles. The van der Waals surface area contributed by atoms with Gasteiger partial charge < -0.3 is 10.2 Å². The second-order valence-corrected chi connectivity index (χ2v) is 5.96. The van der Waals surface area contributed by atoms with E-state index in [9.17, 15) is 9.59 Å². The highest BCUT2D eigenvalue weighted by atomic mass is 16.2. The second-order valence-electron chi connectivity index (χ2n) is 5.96. The third-order valence-corrected chi connectivity index (χ3v) is 4.18. The lowest BCUT2D eigenvalue weighted by atomic mass is 10.1. The van der Waals surface area contributed by atoms with Gasteiger partial charge in [0.25, 0.3) is 0 Å². The van der Waals surface area contributed by atoms with E-state index in [1.807, 2.05) is 35.2 Å². The molecule has 2 rings (SSSR count). The van der Waals surface area contributed by atoms with Gasteiger partial charge in [0.15, 0.2) is 0 Å². The normalized spacial score (nSPS) is 19.3. The quantitative estimate of drug-likeness (QED) is 0.899. The Hall–Kier alpha value is -1.88. The van der Waals surface area contributed by atoms with Crippen LogP contribution in [0.1, 0.15) is 19.4 Å². The molecule has 1 aromatic carbocycles. The van der Waals surface area contributed by atoms with Crippen LogP contribution in [0.25, 0.3) is 0 Å². The number of carbonyl (C=O) groups is 2. The summed E-state index contributed by atoms with van der Waals surface area (Å²) in [5, 5.41) is 2.71. The first kappa shape index (κ1) is 16.5. The van der Waals surface area contributed by atoms with Gasteiger partial charge in [0, 0.05) is 32.7 Å². The summed E-state index contributed by atoms with van der Waals surface area (Å²) < 4.78 is 0. The van der Waals surface area contributed by atoms with Crippen LogP contribution in [0.15, 0.2) is 30.3 Å². The van der Waals surface area contributed by atoms with Gasteiger partial charge in [0.1, 0.15) is 6.04 Å². The topological polar surface area (TPSA) is 52.7 Å². The van der Waals surface area contributed by atoms with Crippen LogP contribution in [0, 0.1) is 0 Å². The van der Waals surface area contributed by atoms with Crippen molar-refractivity contribution in [3.8, 4) is 0 Å². The van der Waals surface area contributed by atoms with Gasteiger partial charge in [0.2, 0.25) is 11.8 Å². The zero-order chi connectivity index (χ0) is 16.1. The second kappa shape index (κ2) is 7.40.